The van der Waals surface area contributed by atoms with Crippen molar-refractivity contribution in [1.82, 2.24) is 15.1 Å². The number of hydrogen-bond donors (Lipinski definition) is 1. The van der Waals surface area contributed by atoms with Crippen LogP contribution in [0.2, 0.25) is 0 Å². The van der Waals surface area contributed by atoms with E-state index in [-0.39, 0.29) is 36.2 Å². The van der Waals surface area contributed by atoms with Crippen LogP contribution in [-0.2, 0) is 14.3 Å². The highest BCUT2D eigenvalue weighted by atomic mass is 16.5. The average molecular weight is 483 g/mol. The molecule has 1 aliphatic carbocycles. The molecule has 1 aromatic rings. The fraction of sp³-hybridized carbons (Fsp3) is 0.667. The van der Waals surface area contributed by atoms with E-state index in [9.17, 15) is 14.4 Å². The van der Waals surface area contributed by atoms with E-state index in [1.165, 1.54) is 19.3 Å². The summed E-state index contributed by atoms with van der Waals surface area (Å²) in [6, 6.07) is 7.33. The van der Waals surface area contributed by atoms with Gasteiger partial charge in [0.1, 0.15) is 18.7 Å². The number of hydrogen-bond acceptors (Lipinski definition) is 6. The molecule has 8 heteroatoms. The molecule has 4 fully saturated rings. The molecule has 0 spiro atoms. The van der Waals surface area contributed by atoms with Crippen molar-refractivity contribution in [3.63, 3.8) is 0 Å². The number of nitrogens with zero attached hydrogens (tertiary/aromatic N) is 3. The monoisotopic (exact) mass is 482 g/mol. The van der Waals surface area contributed by atoms with Gasteiger partial charge < -0.3 is 19.9 Å². The highest BCUT2D eigenvalue weighted by molar-refractivity contribution is 5.99. The van der Waals surface area contributed by atoms with Gasteiger partial charge in [-0.05, 0) is 49.4 Å². The number of amides is 2. The Kier molecular flexibility index (Phi) is 7.12. The number of carbonyl (C=O) groups is 3. The second kappa shape index (κ2) is 10.3. The molecule has 1 saturated carbocycles. The number of nitrogens with one attached hydrogen (secondary N) is 1. The topological polar surface area (TPSA) is 82.2 Å². The molecule has 1 N–H and O–H groups in total. The second-order valence-electron chi connectivity index (χ2n) is 10.6. The van der Waals surface area contributed by atoms with Crippen molar-refractivity contribution < 1.29 is 19.1 Å². The molecule has 190 valence electrons. The van der Waals surface area contributed by atoms with Crippen LogP contribution in [0.1, 0.15) is 56.3 Å². The fourth-order valence-corrected chi connectivity index (χ4v) is 5.85. The molecule has 4 atom stereocenters. The summed E-state index contributed by atoms with van der Waals surface area (Å²) < 4.78 is 5.54. The van der Waals surface area contributed by atoms with Gasteiger partial charge in [0.05, 0.1) is 6.10 Å². The third kappa shape index (κ3) is 4.83. The zero-order valence-corrected chi connectivity index (χ0v) is 20.9. The van der Waals surface area contributed by atoms with Crippen LogP contribution < -0.4 is 10.2 Å². The second-order valence-corrected chi connectivity index (χ2v) is 10.6. The molecule has 35 heavy (non-hydrogen) atoms. The molecule has 1 aromatic carbocycles. The lowest BCUT2D eigenvalue weighted by Gasteiger charge is -2.43. The van der Waals surface area contributed by atoms with Crippen LogP contribution in [0, 0.1) is 5.92 Å². The summed E-state index contributed by atoms with van der Waals surface area (Å²) in [6.07, 6.45) is 5.25. The Morgan fingerprint density at radius 3 is 2.40 bits per heavy atom. The highest BCUT2D eigenvalue weighted by Gasteiger charge is 2.48. The molecule has 4 aliphatic rings. The van der Waals surface area contributed by atoms with Crippen LogP contribution in [0.15, 0.2) is 24.3 Å². The Balaban J connectivity index is 1.21. The number of benzene rings is 1. The van der Waals surface area contributed by atoms with E-state index in [2.05, 4.69) is 15.1 Å². The summed E-state index contributed by atoms with van der Waals surface area (Å²) in [5.41, 5.74) is 1.68. The number of Topliss-reactive ketones (excluding diaryl/α,β-unsaturated/α-hetero) is 1. The maximum atomic E-state index is 13.5. The van der Waals surface area contributed by atoms with Crippen LogP contribution in [0.3, 0.4) is 0 Å². The summed E-state index contributed by atoms with van der Waals surface area (Å²) in [7, 11) is 0. The van der Waals surface area contributed by atoms with Gasteiger partial charge in [0.15, 0.2) is 5.78 Å². The van der Waals surface area contributed by atoms with Gasteiger partial charge in [-0.25, -0.2) is 0 Å². The normalized spacial score (nSPS) is 26.9. The van der Waals surface area contributed by atoms with Crippen molar-refractivity contribution in [2.24, 2.45) is 5.92 Å². The number of likely N-dealkylation sites (tertiary alicyclic amines) is 1. The minimum Gasteiger partial charge on any atom is -0.369 e. The van der Waals surface area contributed by atoms with Gasteiger partial charge in [-0.15, -0.1) is 0 Å². The molecule has 5 rings (SSSR count). The van der Waals surface area contributed by atoms with Crippen LogP contribution in [0.4, 0.5) is 5.69 Å². The van der Waals surface area contributed by atoms with Gasteiger partial charge in [-0.3, -0.25) is 19.3 Å². The minimum atomic E-state index is -0.668. The van der Waals surface area contributed by atoms with Gasteiger partial charge in [0, 0.05) is 50.0 Å². The van der Waals surface area contributed by atoms with Crippen molar-refractivity contribution >= 4 is 23.3 Å². The summed E-state index contributed by atoms with van der Waals surface area (Å²) in [5, 5.41) is 2.98. The van der Waals surface area contributed by atoms with E-state index >= 15 is 0 Å². The molecule has 3 saturated heterocycles. The lowest BCUT2D eigenvalue weighted by molar-refractivity contribution is -0.139. The Bertz CT molecular complexity index is 939. The standard InChI is InChI=1S/C27H38N4O4/c1-3-18(2)24(27(34)31-12-11-23-25(31)22(32)17-35-23)28-26(33)19-7-9-21(10-8-19)30-15-13-29(14-16-30)20-5-4-6-20/h7-10,18,20,23-25H,3-6,11-17H2,1-2H3,(H,28,33)/t18-,23+,24?,25+/m0/s1. The smallest absolute Gasteiger partial charge is 0.251 e. The number of ketones is 1. The largest absolute Gasteiger partial charge is 0.369 e. The van der Waals surface area contributed by atoms with E-state index in [4.69, 9.17) is 4.74 Å². The highest BCUT2D eigenvalue weighted by Crippen LogP contribution is 2.29. The van der Waals surface area contributed by atoms with E-state index < -0.39 is 12.1 Å². The van der Waals surface area contributed by atoms with Crippen LogP contribution >= 0.6 is 0 Å². The molecule has 1 unspecified atom stereocenters. The first-order valence-electron chi connectivity index (χ1n) is 13.3. The van der Waals surface area contributed by atoms with Crippen molar-refractivity contribution in [2.75, 3.05) is 44.2 Å². The summed E-state index contributed by atoms with van der Waals surface area (Å²) in [5.74, 6) is -0.525. The lowest BCUT2D eigenvalue weighted by Crippen LogP contribution is -2.54. The van der Waals surface area contributed by atoms with Crippen molar-refractivity contribution in [1.29, 1.82) is 0 Å². The van der Waals surface area contributed by atoms with E-state index in [0.717, 1.165) is 44.3 Å². The fourth-order valence-electron chi connectivity index (χ4n) is 5.85. The molecular formula is C27H38N4O4. The summed E-state index contributed by atoms with van der Waals surface area (Å²) >= 11 is 0. The van der Waals surface area contributed by atoms with Crippen molar-refractivity contribution in [3.8, 4) is 0 Å². The molecular weight excluding hydrogens is 444 g/mol. The molecule has 3 aliphatic heterocycles. The zero-order valence-electron chi connectivity index (χ0n) is 20.9. The minimum absolute atomic E-state index is 0.0424. The zero-order chi connectivity index (χ0) is 24.5. The quantitative estimate of drug-likeness (QED) is 0.641. The molecule has 0 aromatic heterocycles. The number of rotatable bonds is 7. The van der Waals surface area contributed by atoms with Gasteiger partial charge in [-0.1, -0.05) is 26.7 Å². The first kappa shape index (κ1) is 24.3. The van der Waals surface area contributed by atoms with Gasteiger partial charge in [0.25, 0.3) is 5.91 Å². The maximum absolute atomic E-state index is 13.5. The number of carbonyl (C=O) groups excluding carboxylic acids is 3. The van der Waals surface area contributed by atoms with Crippen molar-refractivity contribution in [2.45, 2.75) is 70.2 Å². The number of ether oxygens (including phenoxy) is 1. The van der Waals surface area contributed by atoms with E-state index in [0.29, 0.717) is 18.5 Å². The Morgan fingerprint density at radius 2 is 1.77 bits per heavy atom. The van der Waals surface area contributed by atoms with E-state index in [1.807, 2.05) is 38.1 Å². The molecule has 3 heterocycles. The van der Waals surface area contributed by atoms with Crippen LogP contribution in [0.5, 0.6) is 0 Å². The molecule has 0 bridgehead atoms. The van der Waals surface area contributed by atoms with Gasteiger partial charge in [0.2, 0.25) is 5.91 Å². The summed E-state index contributed by atoms with van der Waals surface area (Å²) in [6.45, 7) is 8.74. The maximum Gasteiger partial charge on any atom is 0.251 e. The molecule has 2 amide bonds. The van der Waals surface area contributed by atoms with Crippen LogP contribution in [0.25, 0.3) is 0 Å². The van der Waals surface area contributed by atoms with Gasteiger partial charge >= 0.3 is 0 Å². The number of anilines is 1. The third-order valence-corrected chi connectivity index (χ3v) is 8.56. The van der Waals surface area contributed by atoms with Gasteiger partial charge in [-0.2, -0.15) is 0 Å². The lowest BCUT2D eigenvalue weighted by atomic mass is 9.91. The molecule has 0 radical (unpaired) electrons. The SMILES string of the molecule is CC[C@H](C)C(NC(=O)c1ccc(N2CCN(C3CCC3)CC2)cc1)C(=O)N1CC[C@H]2OCC(=O)[C@H]21. The number of fused-ring (bicyclic) bond motifs is 1. The average Bonchev–Trinajstić information content (AvgIpc) is 3.44. The first-order valence-corrected chi connectivity index (χ1v) is 13.3. The first-order chi connectivity index (χ1) is 17.0. The molecule has 8 nitrogen and oxygen atoms in total. The third-order valence-electron chi connectivity index (χ3n) is 8.56. The number of piperazine rings is 1. The Hall–Kier alpha value is -2.45. The Labute approximate surface area is 207 Å². The predicted molar refractivity (Wildman–Crippen MR) is 133 cm³/mol. The Morgan fingerprint density at radius 1 is 1.06 bits per heavy atom. The van der Waals surface area contributed by atoms with Crippen LogP contribution in [-0.4, -0.2) is 91.0 Å². The predicted octanol–water partition coefficient (Wildman–Crippen LogP) is 2.07. The summed E-state index contributed by atoms with van der Waals surface area (Å²) in [4.78, 5) is 45.5. The van der Waals surface area contributed by atoms with E-state index in [1.54, 1.807) is 4.90 Å². The van der Waals surface area contributed by atoms with Crippen molar-refractivity contribution in [3.05, 3.63) is 29.8 Å².